The monoisotopic (exact) mass is 576 g/mol. The number of aromatic nitrogens is 2. The summed E-state index contributed by atoms with van der Waals surface area (Å²) in [6, 6.07) is 8.32. The van der Waals surface area contributed by atoms with E-state index >= 15 is 0 Å². The lowest BCUT2D eigenvalue weighted by atomic mass is 9.78. The van der Waals surface area contributed by atoms with Crippen molar-refractivity contribution in [2.75, 3.05) is 37.6 Å². The number of piperazine rings is 1. The van der Waals surface area contributed by atoms with Crippen LogP contribution in [0.2, 0.25) is 0 Å². The van der Waals surface area contributed by atoms with E-state index in [9.17, 15) is 28.5 Å². The number of aromatic hydroxyl groups is 2. The van der Waals surface area contributed by atoms with Crippen LogP contribution in [0.5, 0.6) is 11.8 Å². The van der Waals surface area contributed by atoms with Gasteiger partial charge in [-0.05, 0) is 67.1 Å². The molecule has 40 heavy (non-hydrogen) atoms. The van der Waals surface area contributed by atoms with Crippen LogP contribution in [0.15, 0.2) is 24.3 Å². The van der Waals surface area contributed by atoms with Crippen molar-refractivity contribution in [3.63, 3.8) is 0 Å². The first-order chi connectivity index (χ1) is 19.2. The maximum absolute atomic E-state index is 13.7. The van der Waals surface area contributed by atoms with Gasteiger partial charge in [0.15, 0.2) is 17.4 Å². The Labute approximate surface area is 235 Å². The highest BCUT2D eigenvalue weighted by Crippen LogP contribution is 2.67. The fourth-order valence-electron chi connectivity index (χ4n) is 8.10. The highest BCUT2D eigenvalue weighted by atomic mass is 32.1. The third kappa shape index (κ3) is 4.02. The molecule has 3 fully saturated rings. The number of fused-ring (bicyclic) bond motifs is 6. The summed E-state index contributed by atoms with van der Waals surface area (Å²) in [6.45, 7) is 4.98. The van der Waals surface area contributed by atoms with E-state index in [-0.39, 0.29) is 29.7 Å². The van der Waals surface area contributed by atoms with Crippen LogP contribution < -0.4 is 4.90 Å². The minimum atomic E-state index is -4.78. The Morgan fingerprint density at radius 1 is 0.950 bits per heavy atom. The molecule has 2 saturated carbocycles. The van der Waals surface area contributed by atoms with Gasteiger partial charge in [-0.2, -0.15) is 17.5 Å². The number of anilines is 1. The van der Waals surface area contributed by atoms with Gasteiger partial charge in [-0.1, -0.05) is 25.0 Å². The SMILES string of the molecule is Oc1c2c(c(O)n1CC1CCCC[C@H]1CN1CCN(c3nsc4ccccc34)CC1)[C@@H]1C[C@H]2C[C@@]1(O)C(F)(F)F. The fourth-order valence-corrected chi connectivity index (χ4v) is 8.89. The lowest BCUT2D eigenvalue weighted by Gasteiger charge is -2.40. The number of hydrogen-bond acceptors (Lipinski definition) is 7. The number of hydrogen-bond donors (Lipinski definition) is 3. The predicted molar refractivity (Wildman–Crippen MR) is 147 cm³/mol. The Kier molecular flexibility index (Phi) is 6.29. The topological polar surface area (TPSA) is 85.0 Å². The first kappa shape index (κ1) is 26.4. The molecule has 2 aromatic heterocycles. The zero-order chi connectivity index (χ0) is 27.8. The Balaban J connectivity index is 1.04. The molecular formula is C29H35F3N4O3S. The molecule has 1 aromatic carbocycles. The van der Waals surface area contributed by atoms with Gasteiger partial charge in [0.05, 0.1) is 4.70 Å². The van der Waals surface area contributed by atoms with E-state index in [1.165, 1.54) is 26.2 Å². The second-order valence-corrected chi connectivity index (χ2v) is 13.1. The zero-order valence-electron chi connectivity index (χ0n) is 22.3. The second kappa shape index (κ2) is 9.52. The average molecular weight is 577 g/mol. The number of aliphatic hydroxyl groups is 1. The molecule has 11 heteroatoms. The zero-order valence-corrected chi connectivity index (χ0v) is 23.1. The fraction of sp³-hybridized carbons (Fsp3) is 0.621. The Hall–Kier alpha value is -2.50. The van der Waals surface area contributed by atoms with Gasteiger partial charge in [-0.25, -0.2) is 0 Å². The predicted octanol–water partition coefficient (Wildman–Crippen LogP) is 5.41. The lowest BCUT2D eigenvalue weighted by Crippen LogP contribution is -2.49. The molecule has 3 aliphatic carbocycles. The van der Waals surface area contributed by atoms with Crippen LogP contribution in [0, 0.1) is 11.8 Å². The van der Waals surface area contributed by atoms with Gasteiger partial charge in [-0.15, -0.1) is 0 Å². The average Bonchev–Trinajstić information content (AvgIpc) is 3.68. The molecule has 5 atom stereocenters. The van der Waals surface area contributed by atoms with Gasteiger partial charge in [0, 0.05) is 61.7 Å². The van der Waals surface area contributed by atoms with Crippen LogP contribution in [0.25, 0.3) is 10.1 Å². The minimum absolute atomic E-state index is 0.103. The van der Waals surface area contributed by atoms with E-state index in [2.05, 4.69) is 28.0 Å². The number of rotatable bonds is 5. The van der Waals surface area contributed by atoms with Crippen LogP contribution in [0.1, 0.15) is 61.5 Å². The smallest absolute Gasteiger partial charge is 0.417 e. The molecule has 1 unspecified atom stereocenters. The van der Waals surface area contributed by atoms with Gasteiger partial charge < -0.3 is 20.2 Å². The van der Waals surface area contributed by atoms with E-state index in [0.717, 1.165) is 64.2 Å². The molecule has 0 radical (unpaired) electrons. The quantitative estimate of drug-likeness (QED) is 0.377. The minimum Gasteiger partial charge on any atom is -0.494 e. The molecule has 216 valence electrons. The van der Waals surface area contributed by atoms with Crippen LogP contribution in [-0.4, -0.2) is 73.7 Å². The lowest BCUT2D eigenvalue weighted by molar-refractivity contribution is -0.264. The molecule has 3 N–H and O–H groups in total. The molecule has 7 nitrogen and oxygen atoms in total. The molecule has 3 aromatic rings. The molecule has 0 amide bonds. The van der Waals surface area contributed by atoms with Gasteiger partial charge in [-0.3, -0.25) is 9.47 Å². The maximum Gasteiger partial charge on any atom is 0.417 e. The van der Waals surface area contributed by atoms with Crippen molar-refractivity contribution in [2.45, 2.75) is 68.7 Å². The van der Waals surface area contributed by atoms with Crippen LogP contribution in [0.4, 0.5) is 19.0 Å². The van der Waals surface area contributed by atoms with Crippen LogP contribution >= 0.6 is 11.5 Å². The van der Waals surface area contributed by atoms with E-state index < -0.39 is 30.0 Å². The summed E-state index contributed by atoms with van der Waals surface area (Å²) in [5.74, 6) is -0.583. The van der Waals surface area contributed by atoms with Crippen molar-refractivity contribution in [2.24, 2.45) is 11.8 Å². The van der Waals surface area contributed by atoms with Crippen molar-refractivity contribution >= 4 is 27.4 Å². The molecule has 1 aliphatic heterocycles. The second-order valence-electron chi connectivity index (χ2n) is 12.3. The van der Waals surface area contributed by atoms with Crippen molar-refractivity contribution in [1.82, 2.24) is 13.8 Å². The van der Waals surface area contributed by atoms with E-state index in [0.29, 0.717) is 18.0 Å². The summed E-state index contributed by atoms with van der Waals surface area (Å²) in [5.41, 5.74) is -2.33. The normalized spacial score (nSPS) is 30.9. The van der Waals surface area contributed by atoms with Gasteiger partial charge in [0.2, 0.25) is 0 Å². The summed E-state index contributed by atoms with van der Waals surface area (Å²) in [5, 5.41) is 33.9. The van der Waals surface area contributed by atoms with Crippen LogP contribution in [-0.2, 0) is 6.54 Å². The summed E-state index contributed by atoms with van der Waals surface area (Å²) in [6.07, 6.45) is -0.918. The van der Waals surface area contributed by atoms with E-state index in [4.69, 9.17) is 4.37 Å². The molecule has 7 rings (SSSR count). The summed E-state index contributed by atoms with van der Waals surface area (Å²) < 4.78 is 48.6. The standard InChI is InChI=1S/C29H35F3N4O3S/c30-29(31,32)28(39)14-19-13-21(28)24-23(19)26(37)36(27(24)38)16-18-6-2-1-5-17(18)15-34-9-11-35(12-10-34)25-20-7-3-4-8-22(20)40-33-25/h3-4,7-8,17-19,21,37-39H,1-2,5-6,9-16H2/t17-,18?,19-,21-,28-/m0/s1. The highest BCUT2D eigenvalue weighted by molar-refractivity contribution is 7.13. The third-order valence-electron chi connectivity index (χ3n) is 10.2. The van der Waals surface area contributed by atoms with Crippen molar-refractivity contribution < 1.29 is 28.5 Å². The summed E-state index contributed by atoms with van der Waals surface area (Å²) in [4.78, 5) is 4.86. The first-order valence-corrected chi connectivity index (χ1v) is 15.2. The number of alkyl halides is 3. The Morgan fingerprint density at radius 2 is 1.62 bits per heavy atom. The number of nitrogens with zero attached hydrogens (tertiary/aromatic N) is 4. The molecular weight excluding hydrogens is 541 g/mol. The summed E-state index contributed by atoms with van der Waals surface area (Å²) in [7, 11) is 0. The number of halogens is 3. The molecule has 4 aliphatic rings. The first-order valence-electron chi connectivity index (χ1n) is 14.4. The van der Waals surface area contributed by atoms with Crippen LogP contribution in [0.3, 0.4) is 0 Å². The van der Waals surface area contributed by atoms with Gasteiger partial charge in [0.25, 0.3) is 0 Å². The van der Waals surface area contributed by atoms with E-state index in [1.54, 1.807) is 0 Å². The Bertz CT molecular complexity index is 1420. The van der Waals surface area contributed by atoms with Gasteiger partial charge >= 0.3 is 6.18 Å². The van der Waals surface area contributed by atoms with Crippen molar-refractivity contribution in [1.29, 1.82) is 0 Å². The van der Waals surface area contributed by atoms with E-state index in [1.807, 2.05) is 6.07 Å². The van der Waals surface area contributed by atoms with Gasteiger partial charge in [0.1, 0.15) is 5.82 Å². The molecule has 3 heterocycles. The van der Waals surface area contributed by atoms with Crippen molar-refractivity contribution in [3.8, 4) is 11.8 Å². The molecule has 1 saturated heterocycles. The molecule has 2 bridgehead atoms. The molecule has 0 spiro atoms. The number of benzene rings is 1. The third-order valence-corrected chi connectivity index (χ3v) is 11.0. The largest absolute Gasteiger partial charge is 0.494 e. The summed E-state index contributed by atoms with van der Waals surface area (Å²) >= 11 is 1.54. The maximum atomic E-state index is 13.7. The Morgan fingerprint density at radius 3 is 2.35 bits per heavy atom. The highest BCUT2D eigenvalue weighted by Gasteiger charge is 2.68. The van der Waals surface area contributed by atoms with Crippen molar-refractivity contribution in [3.05, 3.63) is 35.4 Å².